The van der Waals surface area contributed by atoms with Crippen molar-refractivity contribution in [2.75, 3.05) is 11.9 Å². The Morgan fingerprint density at radius 3 is 2.73 bits per heavy atom. The topological polar surface area (TPSA) is 83.4 Å². The molecule has 0 fully saturated rings. The number of rotatable bonds is 5. The number of aliphatic hydroxyl groups excluding tert-OH is 1. The van der Waals surface area contributed by atoms with Crippen LogP contribution in [0, 0.1) is 0 Å². The van der Waals surface area contributed by atoms with Crippen LogP contribution in [0.5, 0.6) is 0 Å². The fraction of sp³-hybridized carbons (Fsp3) is 0.375. The number of aliphatic hydroxyl groups is 1. The first-order valence-electron chi connectivity index (χ1n) is 7.36. The van der Waals surface area contributed by atoms with Gasteiger partial charge in [-0.2, -0.15) is 0 Å². The smallest absolute Gasteiger partial charge is 0.313 e. The molecule has 1 atom stereocenters. The number of benzene rings is 1. The van der Waals surface area contributed by atoms with Crippen molar-refractivity contribution in [1.82, 2.24) is 9.88 Å². The predicted octanol–water partition coefficient (Wildman–Crippen LogP) is 1.49. The van der Waals surface area contributed by atoms with Crippen LogP contribution in [0.2, 0.25) is 0 Å². The van der Waals surface area contributed by atoms with E-state index in [0.717, 1.165) is 23.9 Å². The molecule has 0 radical (unpaired) electrons. The highest BCUT2D eigenvalue weighted by Gasteiger charge is 2.16. The summed E-state index contributed by atoms with van der Waals surface area (Å²) >= 11 is 0. The van der Waals surface area contributed by atoms with Crippen LogP contribution in [0.4, 0.5) is 5.69 Å². The van der Waals surface area contributed by atoms with Gasteiger partial charge < -0.3 is 20.3 Å². The van der Waals surface area contributed by atoms with E-state index < -0.39 is 17.9 Å². The molecule has 3 N–H and O–H groups in total. The SMILES string of the molecule is CCCn1ccc2ccc(NC(=O)C(=O)NC(C)CO)cc21. The molecule has 1 unspecified atom stereocenters. The summed E-state index contributed by atoms with van der Waals surface area (Å²) in [7, 11) is 0. The normalized spacial score (nSPS) is 12.1. The monoisotopic (exact) mass is 303 g/mol. The molecule has 0 bridgehead atoms. The highest BCUT2D eigenvalue weighted by atomic mass is 16.3. The molecule has 2 amide bonds. The van der Waals surface area contributed by atoms with Crippen LogP contribution >= 0.6 is 0 Å². The Balaban J connectivity index is 2.12. The van der Waals surface area contributed by atoms with Gasteiger partial charge in [-0.05, 0) is 36.9 Å². The molecule has 0 saturated heterocycles. The minimum absolute atomic E-state index is 0.213. The second-order valence-electron chi connectivity index (χ2n) is 5.29. The van der Waals surface area contributed by atoms with Crippen LogP contribution in [0.1, 0.15) is 20.3 Å². The first kappa shape index (κ1) is 16.0. The fourth-order valence-corrected chi connectivity index (χ4v) is 2.22. The molecule has 1 heterocycles. The first-order chi connectivity index (χ1) is 10.5. The molecule has 2 rings (SSSR count). The van der Waals surface area contributed by atoms with Crippen LogP contribution in [-0.4, -0.2) is 34.1 Å². The number of nitrogens with zero attached hydrogens (tertiary/aromatic N) is 1. The Hall–Kier alpha value is -2.34. The number of anilines is 1. The van der Waals surface area contributed by atoms with Gasteiger partial charge >= 0.3 is 11.8 Å². The van der Waals surface area contributed by atoms with E-state index >= 15 is 0 Å². The van der Waals surface area contributed by atoms with Crippen molar-refractivity contribution in [3.63, 3.8) is 0 Å². The van der Waals surface area contributed by atoms with Crippen molar-refractivity contribution in [1.29, 1.82) is 0 Å². The molecule has 6 nitrogen and oxygen atoms in total. The number of hydrogen-bond acceptors (Lipinski definition) is 3. The number of aromatic nitrogens is 1. The van der Waals surface area contributed by atoms with Gasteiger partial charge in [0.05, 0.1) is 12.1 Å². The van der Waals surface area contributed by atoms with Crippen molar-refractivity contribution >= 4 is 28.4 Å². The lowest BCUT2D eigenvalue weighted by Gasteiger charge is -2.11. The average Bonchev–Trinajstić information content (AvgIpc) is 2.90. The molecular formula is C16H21N3O3. The molecule has 6 heteroatoms. The van der Waals surface area contributed by atoms with Crippen molar-refractivity contribution in [2.45, 2.75) is 32.9 Å². The standard InChI is InChI=1S/C16H21N3O3/c1-3-7-19-8-6-12-4-5-13(9-14(12)19)18-16(22)15(21)17-11(2)10-20/h4-6,8-9,11,20H,3,7,10H2,1-2H3,(H,17,21)(H,18,22). The second kappa shape index (κ2) is 7.09. The zero-order chi connectivity index (χ0) is 16.1. The molecule has 0 spiro atoms. The van der Waals surface area contributed by atoms with Gasteiger partial charge in [-0.3, -0.25) is 9.59 Å². The van der Waals surface area contributed by atoms with Gasteiger partial charge in [0.25, 0.3) is 0 Å². The van der Waals surface area contributed by atoms with Crippen LogP contribution in [0.15, 0.2) is 30.5 Å². The summed E-state index contributed by atoms with van der Waals surface area (Å²) in [6, 6.07) is 7.09. The third-order valence-corrected chi connectivity index (χ3v) is 3.35. The number of fused-ring (bicyclic) bond motifs is 1. The highest BCUT2D eigenvalue weighted by molar-refractivity contribution is 6.39. The quantitative estimate of drug-likeness (QED) is 0.732. The summed E-state index contributed by atoms with van der Waals surface area (Å²) in [6.45, 7) is 4.41. The van der Waals surface area contributed by atoms with E-state index in [2.05, 4.69) is 22.1 Å². The maximum Gasteiger partial charge on any atom is 0.313 e. The van der Waals surface area contributed by atoms with Crippen molar-refractivity contribution < 1.29 is 14.7 Å². The molecule has 22 heavy (non-hydrogen) atoms. The summed E-state index contributed by atoms with van der Waals surface area (Å²) in [4.78, 5) is 23.5. The molecular weight excluding hydrogens is 282 g/mol. The highest BCUT2D eigenvalue weighted by Crippen LogP contribution is 2.20. The lowest BCUT2D eigenvalue weighted by atomic mass is 10.2. The maximum absolute atomic E-state index is 11.8. The van der Waals surface area contributed by atoms with E-state index in [-0.39, 0.29) is 6.61 Å². The van der Waals surface area contributed by atoms with E-state index in [1.54, 1.807) is 13.0 Å². The number of aryl methyl sites for hydroxylation is 1. The fourth-order valence-electron chi connectivity index (χ4n) is 2.22. The van der Waals surface area contributed by atoms with E-state index in [0.29, 0.717) is 5.69 Å². The Bertz CT molecular complexity index is 678. The maximum atomic E-state index is 11.8. The molecule has 1 aromatic heterocycles. The van der Waals surface area contributed by atoms with E-state index in [1.165, 1.54) is 0 Å². The molecule has 0 saturated carbocycles. The second-order valence-corrected chi connectivity index (χ2v) is 5.29. The van der Waals surface area contributed by atoms with Crippen molar-refractivity contribution in [3.8, 4) is 0 Å². The largest absolute Gasteiger partial charge is 0.394 e. The summed E-state index contributed by atoms with van der Waals surface area (Å²) in [6.07, 6.45) is 3.03. The van der Waals surface area contributed by atoms with Gasteiger partial charge in [0.15, 0.2) is 0 Å². The molecule has 1 aromatic carbocycles. The van der Waals surface area contributed by atoms with Crippen LogP contribution in [0.3, 0.4) is 0 Å². The number of hydrogen-bond donors (Lipinski definition) is 3. The number of carbonyl (C=O) groups is 2. The first-order valence-corrected chi connectivity index (χ1v) is 7.36. The van der Waals surface area contributed by atoms with Gasteiger partial charge in [0.1, 0.15) is 0 Å². The molecule has 0 aliphatic heterocycles. The van der Waals surface area contributed by atoms with Crippen LogP contribution in [-0.2, 0) is 16.1 Å². The van der Waals surface area contributed by atoms with Crippen molar-refractivity contribution in [2.24, 2.45) is 0 Å². The Morgan fingerprint density at radius 1 is 1.27 bits per heavy atom. The number of nitrogens with one attached hydrogen (secondary N) is 2. The summed E-state index contributed by atoms with van der Waals surface area (Å²) in [5.41, 5.74) is 1.59. The summed E-state index contributed by atoms with van der Waals surface area (Å²) in [5, 5.41) is 15.0. The van der Waals surface area contributed by atoms with Crippen molar-refractivity contribution in [3.05, 3.63) is 30.5 Å². The Kier molecular flexibility index (Phi) is 5.16. The third kappa shape index (κ3) is 3.65. The lowest BCUT2D eigenvalue weighted by Crippen LogP contribution is -2.42. The average molecular weight is 303 g/mol. The molecule has 0 aliphatic rings. The Labute approximate surface area is 129 Å². The number of amides is 2. The molecule has 2 aromatic rings. The van der Waals surface area contributed by atoms with Gasteiger partial charge in [0, 0.05) is 24.5 Å². The zero-order valence-corrected chi connectivity index (χ0v) is 12.8. The van der Waals surface area contributed by atoms with E-state index in [9.17, 15) is 9.59 Å². The van der Waals surface area contributed by atoms with Gasteiger partial charge in [-0.1, -0.05) is 13.0 Å². The molecule has 118 valence electrons. The predicted molar refractivity (Wildman–Crippen MR) is 85.5 cm³/mol. The van der Waals surface area contributed by atoms with Gasteiger partial charge in [-0.15, -0.1) is 0 Å². The van der Waals surface area contributed by atoms with E-state index in [4.69, 9.17) is 5.11 Å². The summed E-state index contributed by atoms with van der Waals surface area (Å²) < 4.78 is 2.11. The summed E-state index contributed by atoms with van der Waals surface area (Å²) in [5.74, 6) is -1.50. The van der Waals surface area contributed by atoms with Gasteiger partial charge in [0.2, 0.25) is 0 Å². The Morgan fingerprint density at radius 2 is 2.05 bits per heavy atom. The van der Waals surface area contributed by atoms with Crippen LogP contribution in [0.25, 0.3) is 10.9 Å². The van der Waals surface area contributed by atoms with Gasteiger partial charge in [-0.25, -0.2) is 0 Å². The lowest BCUT2D eigenvalue weighted by molar-refractivity contribution is -0.136. The van der Waals surface area contributed by atoms with E-state index in [1.807, 2.05) is 24.4 Å². The number of carbonyl (C=O) groups excluding carboxylic acids is 2. The zero-order valence-electron chi connectivity index (χ0n) is 12.8. The molecule has 0 aliphatic carbocycles. The minimum Gasteiger partial charge on any atom is -0.394 e. The minimum atomic E-state index is -0.759. The third-order valence-electron chi connectivity index (χ3n) is 3.35. The van der Waals surface area contributed by atoms with Crippen LogP contribution < -0.4 is 10.6 Å².